The average molecular weight is 341 g/mol. The Hall–Kier alpha value is -0.670. The van der Waals surface area contributed by atoms with E-state index in [0.29, 0.717) is 19.3 Å². The summed E-state index contributed by atoms with van der Waals surface area (Å²) < 4.78 is 54.9. The van der Waals surface area contributed by atoms with Crippen LogP contribution in [0, 0.1) is 0 Å². The number of carbonyl (C=O) groups is 1. The van der Waals surface area contributed by atoms with Crippen LogP contribution in [0.1, 0.15) is 39.5 Å². The van der Waals surface area contributed by atoms with Crippen molar-refractivity contribution in [3.05, 3.63) is 0 Å². The summed E-state index contributed by atoms with van der Waals surface area (Å²) in [6.45, 7) is 3.48. The fourth-order valence-corrected chi connectivity index (χ4v) is 5.77. The minimum atomic E-state index is -3.94. The third-order valence-corrected chi connectivity index (χ3v) is 6.93. The van der Waals surface area contributed by atoms with Gasteiger partial charge in [0.25, 0.3) is 0 Å². The van der Waals surface area contributed by atoms with Gasteiger partial charge in [0, 0.05) is 6.04 Å². The van der Waals surface area contributed by atoms with Crippen LogP contribution in [0.25, 0.3) is 0 Å². The lowest BCUT2D eigenvalue weighted by Crippen LogP contribution is -2.48. The van der Waals surface area contributed by atoms with Crippen molar-refractivity contribution in [2.75, 3.05) is 18.1 Å². The lowest BCUT2D eigenvalue weighted by molar-refractivity contribution is -0.142. The number of ether oxygens (including phenoxy) is 1. The summed E-state index contributed by atoms with van der Waals surface area (Å²) in [5, 5.41) is -1.29. The highest BCUT2D eigenvalue weighted by Gasteiger charge is 2.36. The predicted molar refractivity (Wildman–Crippen MR) is 79.1 cm³/mol. The standard InChI is InChI=1S/C12H23NO6S2/c1-3-6-11(12(14)19-4-2)21(17,18)13-10-7-5-8-20(15,16)9-10/h10-11,13H,3-9H2,1-2H3. The highest BCUT2D eigenvalue weighted by atomic mass is 32.2. The van der Waals surface area contributed by atoms with Crippen molar-refractivity contribution < 1.29 is 26.4 Å². The van der Waals surface area contributed by atoms with Gasteiger partial charge in [-0.15, -0.1) is 0 Å². The predicted octanol–water partition coefficient (Wildman–Crippen LogP) is 0.215. The van der Waals surface area contributed by atoms with Gasteiger partial charge < -0.3 is 4.74 Å². The van der Waals surface area contributed by atoms with Crippen LogP contribution in [-0.2, 0) is 29.4 Å². The Labute approximate surface area is 126 Å². The van der Waals surface area contributed by atoms with Gasteiger partial charge in [-0.1, -0.05) is 13.3 Å². The molecule has 21 heavy (non-hydrogen) atoms. The SMILES string of the molecule is CCCC(C(=O)OCC)S(=O)(=O)NC1CCCS(=O)(=O)C1. The van der Waals surface area contributed by atoms with E-state index in [0.717, 1.165) is 0 Å². The van der Waals surface area contributed by atoms with Crippen LogP contribution >= 0.6 is 0 Å². The summed E-state index contributed by atoms with van der Waals surface area (Å²) in [5.74, 6) is -0.916. The van der Waals surface area contributed by atoms with Gasteiger partial charge in [0.15, 0.2) is 15.1 Å². The molecule has 1 fully saturated rings. The van der Waals surface area contributed by atoms with Crippen LogP contribution in [0.5, 0.6) is 0 Å². The second kappa shape index (κ2) is 7.55. The normalized spacial score (nSPS) is 23.4. The van der Waals surface area contributed by atoms with Gasteiger partial charge in [-0.25, -0.2) is 21.6 Å². The third kappa shape index (κ3) is 5.55. The molecule has 0 bridgehead atoms. The minimum absolute atomic E-state index is 0.0848. The summed E-state index contributed by atoms with van der Waals surface area (Å²) >= 11 is 0. The van der Waals surface area contributed by atoms with Crippen LogP contribution in [0.2, 0.25) is 0 Å². The molecular weight excluding hydrogens is 318 g/mol. The first-order chi connectivity index (χ1) is 9.72. The Kier molecular flexibility index (Phi) is 6.61. The maximum atomic E-state index is 12.3. The van der Waals surface area contributed by atoms with Crippen LogP contribution in [0.3, 0.4) is 0 Å². The van der Waals surface area contributed by atoms with Crippen LogP contribution in [0.4, 0.5) is 0 Å². The van der Waals surface area contributed by atoms with Gasteiger partial charge in [0.2, 0.25) is 10.0 Å². The molecule has 1 saturated heterocycles. The van der Waals surface area contributed by atoms with Gasteiger partial charge >= 0.3 is 5.97 Å². The van der Waals surface area contributed by atoms with E-state index < -0.39 is 37.1 Å². The zero-order chi connectivity index (χ0) is 16.1. The molecule has 0 aromatic heterocycles. The summed E-state index contributed by atoms with van der Waals surface area (Å²) in [5.41, 5.74) is 0. The molecule has 124 valence electrons. The molecule has 0 aromatic rings. The summed E-state index contributed by atoms with van der Waals surface area (Å²) in [7, 11) is -7.16. The van der Waals surface area contributed by atoms with E-state index in [1.165, 1.54) is 0 Å². The first-order valence-electron chi connectivity index (χ1n) is 7.10. The molecule has 0 spiro atoms. The fourth-order valence-electron chi connectivity index (χ4n) is 2.33. The van der Waals surface area contributed by atoms with E-state index >= 15 is 0 Å². The second-order valence-corrected chi connectivity index (χ2v) is 9.27. The Morgan fingerprint density at radius 2 is 2.05 bits per heavy atom. The lowest BCUT2D eigenvalue weighted by Gasteiger charge is -2.25. The van der Waals surface area contributed by atoms with Gasteiger partial charge in [0.05, 0.1) is 18.1 Å². The average Bonchev–Trinajstić information content (AvgIpc) is 2.34. The number of sulfonamides is 1. The van der Waals surface area contributed by atoms with Crippen LogP contribution in [0.15, 0.2) is 0 Å². The zero-order valence-corrected chi connectivity index (χ0v) is 14.0. The Morgan fingerprint density at radius 1 is 1.38 bits per heavy atom. The first-order valence-corrected chi connectivity index (χ1v) is 10.5. The molecule has 7 nitrogen and oxygen atoms in total. The molecule has 1 N–H and O–H groups in total. The van der Waals surface area contributed by atoms with Crippen molar-refractivity contribution in [3.8, 4) is 0 Å². The second-order valence-electron chi connectivity index (χ2n) is 5.15. The molecule has 0 amide bonds. The van der Waals surface area contributed by atoms with Gasteiger partial charge in [-0.2, -0.15) is 0 Å². The topological polar surface area (TPSA) is 107 Å². The van der Waals surface area contributed by atoms with Crippen molar-refractivity contribution >= 4 is 25.8 Å². The van der Waals surface area contributed by atoms with Crippen LogP contribution in [-0.4, -0.2) is 52.2 Å². The van der Waals surface area contributed by atoms with E-state index in [4.69, 9.17) is 4.74 Å². The van der Waals surface area contributed by atoms with Gasteiger partial charge in [-0.05, 0) is 26.2 Å². The molecule has 9 heteroatoms. The Bertz CT molecular complexity index is 554. The van der Waals surface area contributed by atoms with Gasteiger partial charge in [-0.3, -0.25) is 4.79 Å². The summed E-state index contributed by atoms with van der Waals surface area (Å²) in [6.07, 6.45) is 1.54. The highest BCUT2D eigenvalue weighted by molar-refractivity contribution is 7.92. The Balaban J connectivity index is 2.83. The van der Waals surface area contributed by atoms with Crippen molar-refractivity contribution in [1.82, 2.24) is 4.72 Å². The minimum Gasteiger partial charge on any atom is -0.465 e. The molecule has 0 radical (unpaired) electrons. The number of sulfone groups is 1. The molecule has 1 aliphatic heterocycles. The molecule has 1 aliphatic rings. The van der Waals surface area contributed by atoms with E-state index in [9.17, 15) is 21.6 Å². The lowest BCUT2D eigenvalue weighted by atomic mass is 10.2. The molecule has 1 rings (SSSR count). The summed E-state index contributed by atoms with van der Waals surface area (Å²) in [4.78, 5) is 11.8. The van der Waals surface area contributed by atoms with Crippen molar-refractivity contribution in [2.45, 2.75) is 50.8 Å². The Morgan fingerprint density at radius 3 is 2.57 bits per heavy atom. The monoisotopic (exact) mass is 341 g/mol. The van der Waals surface area contributed by atoms with E-state index in [1.807, 2.05) is 0 Å². The number of hydrogen-bond donors (Lipinski definition) is 1. The van der Waals surface area contributed by atoms with Crippen molar-refractivity contribution in [1.29, 1.82) is 0 Å². The van der Waals surface area contributed by atoms with Crippen molar-refractivity contribution in [3.63, 3.8) is 0 Å². The quantitative estimate of drug-likeness (QED) is 0.664. The number of rotatable bonds is 7. The molecule has 1 heterocycles. The molecular formula is C12H23NO6S2. The summed E-state index contributed by atoms with van der Waals surface area (Å²) in [6, 6.07) is -0.664. The molecule has 2 atom stereocenters. The fraction of sp³-hybridized carbons (Fsp3) is 0.917. The van der Waals surface area contributed by atoms with Gasteiger partial charge in [0.1, 0.15) is 0 Å². The highest BCUT2D eigenvalue weighted by Crippen LogP contribution is 2.16. The largest absolute Gasteiger partial charge is 0.465 e. The molecule has 0 aromatic carbocycles. The molecule has 0 saturated carbocycles. The maximum absolute atomic E-state index is 12.3. The number of carbonyl (C=O) groups excluding carboxylic acids is 1. The van der Waals surface area contributed by atoms with E-state index in [1.54, 1.807) is 13.8 Å². The number of nitrogens with one attached hydrogen (secondary N) is 1. The number of hydrogen-bond acceptors (Lipinski definition) is 6. The first kappa shape index (κ1) is 18.4. The van der Waals surface area contributed by atoms with Crippen molar-refractivity contribution in [2.24, 2.45) is 0 Å². The zero-order valence-electron chi connectivity index (χ0n) is 12.4. The van der Waals surface area contributed by atoms with E-state index in [2.05, 4.69) is 4.72 Å². The van der Waals surface area contributed by atoms with Crippen LogP contribution < -0.4 is 4.72 Å². The number of esters is 1. The molecule has 2 unspecified atom stereocenters. The molecule has 0 aliphatic carbocycles. The maximum Gasteiger partial charge on any atom is 0.325 e. The third-order valence-electron chi connectivity index (χ3n) is 3.27. The smallest absolute Gasteiger partial charge is 0.325 e. The van der Waals surface area contributed by atoms with E-state index in [-0.39, 0.29) is 24.5 Å².